The molecule has 13 unspecified atom stereocenters. The average Bonchev–Trinajstić information content (AvgIpc) is 4.09. The summed E-state index contributed by atoms with van der Waals surface area (Å²) in [5.41, 5.74) is 0.476. The van der Waals surface area contributed by atoms with Gasteiger partial charge in [0.2, 0.25) is 0 Å². The Morgan fingerprint density at radius 2 is 0.455 bits per heavy atom. The Hall–Kier alpha value is -0.135. The van der Waals surface area contributed by atoms with Crippen LogP contribution in [0.2, 0.25) is 0 Å². The van der Waals surface area contributed by atoms with Crippen LogP contribution in [0.25, 0.3) is 0 Å². The van der Waals surface area contributed by atoms with Crippen LogP contribution < -0.4 is 0 Å². The molecule has 4 aliphatic rings. The van der Waals surface area contributed by atoms with Crippen molar-refractivity contribution in [1.29, 1.82) is 5.31 Å². The first-order chi connectivity index (χ1) is 36.1. The van der Waals surface area contributed by atoms with Crippen LogP contribution in [-0.4, -0.2) is 7.64 Å². The molecular weight excluding hydrogens is 1190 g/mol. The van der Waals surface area contributed by atoms with Crippen LogP contribution in [0, 0.1) is 141 Å². The van der Waals surface area contributed by atoms with E-state index in [2.05, 4.69) is 146 Å². The van der Waals surface area contributed by atoms with Gasteiger partial charge in [0.05, 0.1) is 0 Å². The summed E-state index contributed by atoms with van der Waals surface area (Å²) < 4.78 is 0. The van der Waals surface area contributed by atoms with Crippen molar-refractivity contribution >= 4 is 7.64 Å². The minimum absolute atomic E-state index is 0. The van der Waals surface area contributed by atoms with Gasteiger partial charge < -0.3 is 0 Å². The zero-order chi connectivity index (χ0) is 65.3. The molecule has 4 rings (SSSR count). The summed E-state index contributed by atoms with van der Waals surface area (Å²) >= 11 is 0. The quantitative estimate of drug-likeness (QED) is 0.265. The zero-order valence-corrected chi connectivity index (χ0v) is 64.4. The molecule has 661 valence electrons. The third-order valence-electron chi connectivity index (χ3n) is 17.7. The van der Waals surface area contributed by atoms with E-state index in [0.29, 0.717) is 5.41 Å². The summed E-state index contributed by atoms with van der Waals surface area (Å²) in [4.78, 5) is 0. The summed E-state index contributed by atoms with van der Waals surface area (Å²) in [7, 11) is 3.75. The standard InChI is InChI=1S/C27H50.C19H38.14C2H6.23CH4.BHN/c1-13-15(3)19(7)26(20(8)16(13)4)22(10)24-12-25-18(6)14(2)17(5)21(9)27(25)23(24)11;1-12(2)18(13(3)4)16-10-15(6)17(11-14(16)5)19(7,8)9;14*1-2;;;;;;;;;;;;;;;;;;;;;;;;1-2/h13-27H,12H2,1-11H3;12-18H,10-11H2,1-9H3;14*1-2H3;23*1H4;2H/t;14-,15-,16-,17+;;;;;;;;;;;;;;;;;;;;;;;;;;;;;;;;;;;;;;/m.1....................................../s1. The van der Waals surface area contributed by atoms with E-state index < -0.39 is 0 Å². The summed E-state index contributed by atoms with van der Waals surface area (Å²) in [5, 5.41) is 5.25. The van der Waals surface area contributed by atoms with E-state index in [1.54, 1.807) is 0 Å². The third-order valence-corrected chi connectivity index (χ3v) is 17.7. The van der Waals surface area contributed by atoms with Crippen molar-refractivity contribution < 1.29 is 0 Å². The second-order valence-corrected chi connectivity index (χ2v) is 21.3. The maximum atomic E-state index is 5.25. The van der Waals surface area contributed by atoms with E-state index >= 15 is 0 Å². The average molecular weight is 1460 g/mol. The van der Waals surface area contributed by atoms with E-state index in [1.807, 2.05) is 194 Å². The van der Waals surface area contributed by atoms with Gasteiger partial charge in [-0.3, -0.25) is 0 Å². The van der Waals surface area contributed by atoms with Gasteiger partial charge in [-0.1, -0.05) is 503 Å². The molecule has 4 fully saturated rings. The van der Waals surface area contributed by atoms with Crippen LogP contribution in [0.5, 0.6) is 0 Å². The Morgan fingerprint density at radius 1 is 0.253 bits per heavy atom. The van der Waals surface area contributed by atoms with Crippen molar-refractivity contribution in [2.75, 3.05) is 0 Å². The molecule has 17 atom stereocenters. The molecule has 0 aliphatic heterocycles. The molecule has 0 bridgehead atoms. The first-order valence-electron chi connectivity index (χ1n) is 35.3. The molecule has 1 radical (unpaired) electrons. The SMILES string of the molecule is C.C.C.C.C.C.C.C.C.C.C.C.C.C.C.C.C.C.C.C.C.C.C.CC.CC.CC.CC.CC.CC.CC.CC.CC.CC.CC.CC.CC.CC.CC(C)C(C(C)C)[C@@H]1C[C@@H](C)[C@@H](C(C)(C)C)C[C@H]1C.CC1C(C)C(C)C(C(C)C2CC3C(C)C(C)C(C)C(C)C3C2C)C(C)C1C.[B]=N. The molecule has 0 aromatic heterocycles. The molecule has 4 aliphatic carbocycles. The van der Waals surface area contributed by atoms with Crippen molar-refractivity contribution in [2.24, 2.45) is 136 Å². The summed E-state index contributed by atoms with van der Waals surface area (Å²) in [5.74, 6) is 19.8. The maximum absolute atomic E-state index is 5.25. The second-order valence-electron chi connectivity index (χ2n) is 21.3. The molecule has 2 heteroatoms. The van der Waals surface area contributed by atoms with Crippen LogP contribution >= 0.6 is 0 Å². The Kier molecular flexibility index (Phi) is 397. The minimum atomic E-state index is 0. The predicted octanol–water partition coefficient (Wildman–Crippen LogP) is 43.1. The van der Waals surface area contributed by atoms with E-state index in [9.17, 15) is 0 Å². The molecule has 0 amide bonds. The molecule has 0 heterocycles. The molecule has 0 aromatic rings. The van der Waals surface area contributed by atoms with Crippen LogP contribution in [0.15, 0.2) is 0 Å². The number of rotatable bonds is 5. The van der Waals surface area contributed by atoms with Crippen LogP contribution in [-0.2, 0) is 0 Å². The topological polar surface area (TPSA) is 23.9 Å². The van der Waals surface area contributed by atoms with Gasteiger partial charge >= 0.3 is 13.0 Å². The van der Waals surface area contributed by atoms with Crippen molar-refractivity contribution in [2.45, 2.75) is 522 Å². The first kappa shape index (κ1) is 240. The molecule has 4 saturated carbocycles. The summed E-state index contributed by atoms with van der Waals surface area (Å²) in [6.07, 6.45) is 4.40. The molecule has 99 heavy (non-hydrogen) atoms. The van der Waals surface area contributed by atoms with E-state index in [1.165, 1.54) is 19.3 Å². The van der Waals surface area contributed by atoms with Crippen LogP contribution in [0.1, 0.15) is 522 Å². The normalized spacial score (nSPS) is 23.7. The molecule has 1 nitrogen and oxygen atoms in total. The Bertz CT molecular complexity index is 928. The van der Waals surface area contributed by atoms with E-state index in [0.717, 1.165) is 130 Å². The summed E-state index contributed by atoms with van der Waals surface area (Å²) in [6, 6.07) is 0. The van der Waals surface area contributed by atoms with Gasteiger partial charge in [0.1, 0.15) is 0 Å². The number of fused-ring (bicyclic) bond motifs is 1. The number of nitrogens with one attached hydrogen (secondary N) is 1. The van der Waals surface area contributed by atoms with Crippen molar-refractivity contribution in [3.63, 3.8) is 0 Å². The number of hydrogen-bond donors (Lipinski definition) is 1. The summed E-state index contributed by atoms with van der Waals surface area (Å²) in [6.45, 7) is 106. The van der Waals surface area contributed by atoms with Gasteiger partial charge in [0.25, 0.3) is 0 Å². The predicted molar refractivity (Wildman–Crippen MR) is 529 cm³/mol. The molecule has 0 aromatic carbocycles. The number of hydrogen-bond acceptors (Lipinski definition) is 1. The van der Waals surface area contributed by atoms with Crippen molar-refractivity contribution in [3.8, 4) is 0 Å². The Balaban J connectivity index is -0.0000000147. The van der Waals surface area contributed by atoms with Gasteiger partial charge in [0.15, 0.2) is 0 Å². The van der Waals surface area contributed by atoms with E-state index in [-0.39, 0.29) is 171 Å². The zero-order valence-electron chi connectivity index (χ0n) is 64.4. The van der Waals surface area contributed by atoms with Crippen LogP contribution in [0.3, 0.4) is 0 Å². The van der Waals surface area contributed by atoms with Gasteiger partial charge in [0, 0.05) is 0 Å². The first-order valence-corrected chi connectivity index (χ1v) is 35.3. The van der Waals surface area contributed by atoms with Gasteiger partial charge in [-0.05, 0) is 155 Å². The van der Waals surface area contributed by atoms with Gasteiger partial charge in [-0.15, -0.1) is 0 Å². The monoisotopic (exact) mass is 1460 g/mol. The molecule has 0 saturated heterocycles. The third kappa shape index (κ3) is 86.7. The van der Waals surface area contributed by atoms with Crippen LogP contribution in [0.4, 0.5) is 0 Å². The Morgan fingerprint density at radius 3 is 0.667 bits per heavy atom. The van der Waals surface area contributed by atoms with Crippen molar-refractivity contribution in [1.82, 2.24) is 0 Å². The molecule has 0 spiro atoms. The van der Waals surface area contributed by atoms with Gasteiger partial charge in [-0.2, -0.15) is 0 Å². The van der Waals surface area contributed by atoms with Gasteiger partial charge in [-0.25, -0.2) is 0 Å². The fraction of sp³-hybridized carbons (Fsp3) is 1.00. The molecular formula is C97H265BN. The Labute approximate surface area is 667 Å². The molecule has 1 N–H and O–H groups in total. The fourth-order valence-corrected chi connectivity index (χ4v) is 14.2. The second kappa shape index (κ2) is 164. The van der Waals surface area contributed by atoms with E-state index in [4.69, 9.17) is 5.31 Å². The van der Waals surface area contributed by atoms with Crippen molar-refractivity contribution in [3.05, 3.63) is 0 Å². The fourth-order valence-electron chi connectivity index (χ4n) is 14.2.